The maximum absolute atomic E-state index is 5.64. The molecule has 1 aromatic rings. The Morgan fingerprint density at radius 2 is 1.73 bits per heavy atom. The van der Waals surface area contributed by atoms with E-state index in [0.29, 0.717) is 0 Å². The Morgan fingerprint density at radius 1 is 1.18 bits per heavy atom. The lowest BCUT2D eigenvalue weighted by molar-refractivity contribution is 0.220. The highest BCUT2D eigenvalue weighted by molar-refractivity contribution is 5.38. The molecule has 0 amide bonds. The lowest BCUT2D eigenvalue weighted by Crippen LogP contribution is -2.69. The Morgan fingerprint density at radius 3 is 2.18 bits per heavy atom. The third kappa shape index (κ3) is 1.75. The molecule has 0 atom stereocenters. The fraction of sp³-hybridized carbons (Fsp3) is 0.143. The van der Waals surface area contributed by atoms with Crippen molar-refractivity contribution in [2.45, 2.75) is 0 Å². The van der Waals surface area contributed by atoms with Crippen LogP contribution in [0.2, 0.25) is 0 Å². The highest BCUT2D eigenvalue weighted by Crippen LogP contribution is 2.09. The summed E-state index contributed by atoms with van der Waals surface area (Å²) in [6.45, 7) is 0. The fourth-order valence-electron chi connectivity index (χ4n) is 0.804. The first-order valence-corrected chi connectivity index (χ1v) is 3.37. The van der Waals surface area contributed by atoms with Gasteiger partial charge in [-0.25, -0.2) is 0 Å². The largest absolute Gasteiger partial charge is 0.191 e. The zero-order valence-corrected chi connectivity index (χ0v) is 6.49. The molecule has 0 radical (unpaired) electrons. The van der Waals surface area contributed by atoms with Crippen molar-refractivity contribution in [3.05, 3.63) is 30.3 Å². The van der Waals surface area contributed by atoms with Crippen LogP contribution in [0.5, 0.6) is 0 Å². The Labute approximate surface area is 65.9 Å². The Hall–Kier alpha value is -0.940. The van der Waals surface area contributed by atoms with Crippen LogP contribution in [0.3, 0.4) is 0 Å². The molecule has 1 rings (SSSR count). The quantitative estimate of drug-likeness (QED) is 0.315. The number of hydrogen-bond acceptors (Lipinski definition) is 3. The summed E-state index contributed by atoms with van der Waals surface area (Å²) in [7, 11) is 1.70. The highest BCUT2D eigenvalue weighted by atomic mass is 15.9. The summed E-state index contributed by atoms with van der Waals surface area (Å²) < 4.78 is 0. The van der Waals surface area contributed by atoms with Crippen molar-refractivity contribution in [2.24, 2.45) is 11.7 Å². The van der Waals surface area contributed by atoms with E-state index in [2.05, 4.69) is 5.43 Å². The second-order valence-corrected chi connectivity index (χ2v) is 2.34. The molecular formula is C7H13N4+. The number of hydrogen-bond donors (Lipinski definition) is 3. The van der Waals surface area contributed by atoms with Gasteiger partial charge >= 0.3 is 0 Å². The van der Waals surface area contributed by atoms with Gasteiger partial charge in [-0.2, -0.15) is 0 Å². The van der Waals surface area contributed by atoms with Crippen LogP contribution >= 0.6 is 0 Å². The summed E-state index contributed by atoms with van der Waals surface area (Å²) in [5.74, 6) is 11.3. The van der Waals surface area contributed by atoms with Crippen LogP contribution in [-0.2, 0) is 0 Å². The van der Waals surface area contributed by atoms with Crippen LogP contribution in [0.1, 0.15) is 0 Å². The third-order valence-corrected chi connectivity index (χ3v) is 1.55. The van der Waals surface area contributed by atoms with Gasteiger partial charge < -0.3 is 0 Å². The molecule has 0 aromatic heterocycles. The average molecular weight is 153 g/mol. The lowest BCUT2D eigenvalue weighted by Gasteiger charge is -2.22. The third-order valence-electron chi connectivity index (χ3n) is 1.55. The SMILES string of the molecule is CN[N+](N)(N)c1ccccc1. The van der Waals surface area contributed by atoms with Gasteiger partial charge in [0.25, 0.3) is 0 Å². The van der Waals surface area contributed by atoms with E-state index in [1.807, 2.05) is 30.3 Å². The van der Waals surface area contributed by atoms with Crippen LogP contribution in [0, 0.1) is 0 Å². The Balaban J connectivity index is 2.93. The molecule has 0 saturated carbocycles. The van der Waals surface area contributed by atoms with Crippen LogP contribution in [0.15, 0.2) is 30.3 Å². The van der Waals surface area contributed by atoms with Crippen LogP contribution in [0.25, 0.3) is 0 Å². The molecule has 0 saturated heterocycles. The molecule has 5 N–H and O–H groups in total. The summed E-state index contributed by atoms with van der Waals surface area (Å²) in [5, 5.41) is 0. The molecule has 11 heavy (non-hydrogen) atoms. The summed E-state index contributed by atoms with van der Waals surface area (Å²) in [6.07, 6.45) is 0. The van der Waals surface area contributed by atoms with Gasteiger partial charge in [0.1, 0.15) is 0 Å². The molecule has 0 fully saturated rings. The smallest absolute Gasteiger partial charge is 0.136 e. The minimum atomic E-state index is -0.291. The summed E-state index contributed by atoms with van der Waals surface area (Å²) in [5.41, 5.74) is 3.57. The molecule has 4 heteroatoms. The van der Waals surface area contributed by atoms with E-state index in [4.69, 9.17) is 11.7 Å². The molecule has 0 aliphatic carbocycles. The average Bonchev–Trinajstić information content (AvgIpc) is 2.06. The van der Waals surface area contributed by atoms with Gasteiger partial charge in [-0.15, -0.1) is 17.1 Å². The number of benzene rings is 1. The van der Waals surface area contributed by atoms with E-state index in [1.54, 1.807) is 7.05 Å². The van der Waals surface area contributed by atoms with Gasteiger partial charge in [-0.1, -0.05) is 23.0 Å². The second-order valence-electron chi connectivity index (χ2n) is 2.34. The minimum Gasteiger partial charge on any atom is -0.136 e. The molecular weight excluding hydrogens is 140 g/mol. The van der Waals surface area contributed by atoms with Crippen molar-refractivity contribution in [3.8, 4) is 0 Å². The fourth-order valence-corrected chi connectivity index (χ4v) is 0.804. The minimum absolute atomic E-state index is 0.291. The molecule has 0 unspecified atom stereocenters. The predicted octanol–water partition coefficient (Wildman–Crippen LogP) is -0.124. The molecule has 1 aromatic carbocycles. The monoisotopic (exact) mass is 153 g/mol. The molecule has 0 aliphatic heterocycles. The van der Waals surface area contributed by atoms with Crippen molar-refractivity contribution in [3.63, 3.8) is 0 Å². The zero-order valence-electron chi connectivity index (χ0n) is 6.49. The zero-order chi connectivity index (χ0) is 8.32. The van der Waals surface area contributed by atoms with Crippen molar-refractivity contribution >= 4 is 5.69 Å². The van der Waals surface area contributed by atoms with E-state index in [1.165, 1.54) is 0 Å². The molecule has 0 spiro atoms. The number of quaternary nitrogens is 1. The first kappa shape index (κ1) is 8.16. The van der Waals surface area contributed by atoms with Crippen LogP contribution < -0.4 is 21.9 Å². The molecule has 0 aliphatic rings. The van der Waals surface area contributed by atoms with Crippen molar-refractivity contribution in [1.82, 2.24) is 10.2 Å². The molecule has 0 bridgehead atoms. The van der Waals surface area contributed by atoms with E-state index in [9.17, 15) is 0 Å². The van der Waals surface area contributed by atoms with E-state index >= 15 is 0 Å². The van der Waals surface area contributed by atoms with Gasteiger partial charge in [0, 0.05) is 19.2 Å². The van der Waals surface area contributed by atoms with Gasteiger partial charge in [0.2, 0.25) is 0 Å². The number of nitrogens with two attached hydrogens (primary N) is 2. The van der Waals surface area contributed by atoms with E-state index in [-0.39, 0.29) is 4.81 Å². The van der Waals surface area contributed by atoms with Gasteiger partial charge in [-0.3, -0.25) is 0 Å². The lowest BCUT2D eigenvalue weighted by atomic mass is 10.3. The van der Waals surface area contributed by atoms with Crippen molar-refractivity contribution in [2.75, 3.05) is 7.05 Å². The van der Waals surface area contributed by atoms with E-state index in [0.717, 1.165) is 5.69 Å². The second kappa shape index (κ2) is 2.98. The standard InChI is InChI=1S/C7H13N4/c1-10-11(8,9)7-5-3-2-4-6-7/h2-6,10H,8-9H2,1H3/q+1. The van der Waals surface area contributed by atoms with Gasteiger partial charge in [0.05, 0.1) is 0 Å². The van der Waals surface area contributed by atoms with E-state index < -0.39 is 0 Å². The summed E-state index contributed by atoms with van der Waals surface area (Å²) in [6, 6.07) is 9.41. The molecule has 60 valence electrons. The van der Waals surface area contributed by atoms with Crippen LogP contribution in [0.4, 0.5) is 5.69 Å². The number of para-hydroxylation sites is 1. The molecule has 0 heterocycles. The Kier molecular flexibility index (Phi) is 2.21. The number of nitrogens with one attached hydrogen (secondary N) is 1. The number of rotatable bonds is 2. The van der Waals surface area contributed by atoms with Crippen molar-refractivity contribution < 1.29 is 0 Å². The maximum Gasteiger partial charge on any atom is 0.191 e. The first-order valence-electron chi connectivity index (χ1n) is 3.37. The van der Waals surface area contributed by atoms with Crippen LogP contribution in [-0.4, -0.2) is 7.05 Å². The predicted molar refractivity (Wildman–Crippen MR) is 45.7 cm³/mol. The molecule has 4 nitrogen and oxygen atoms in total. The normalized spacial score (nSPS) is 11.5. The topological polar surface area (TPSA) is 64.1 Å². The van der Waals surface area contributed by atoms with Crippen molar-refractivity contribution in [1.29, 1.82) is 0 Å². The maximum atomic E-state index is 5.64. The number of nitrogens with zero attached hydrogens (tertiary/aromatic N) is 1. The van der Waals surface area contributed by atoms with Gasteiger partial charge in [0.15, 0.2) is 5.69 Å². The van der Waals surface area contributed by atoms with Gasteiger partial charge in [-0.05, 0) is 0 Å². The summed E-state index contributed by atoms with van der Waals surface area (Å²) >= 11 is 0. The Bertz CT molecular complexity index is 219. The summed E-state index contributed by atoms with van der Waals surface area (Å²) in [4.78, 5) is -0.291. The first-order chi connectivity index (χ1) is 5.17. The highest BCUT2D eigenvalue weighted by Gasteiger charge is 2.17.